The first-order valence-electron chi connectivity index (χ1n) is 3.74. The normalized spacial score (nSPS) is 7.20. The van der Waals surface area contributed by atoms with Gasteiger partial charge in [-0.25, -0.2) is 0 Å². The van der Waals surface area contributed by atoms with Gasteiger partial charge in [-0.1, -0.05) is 5.56 Å². The Kier molecular flexibility index (Phi) is 21.1. The third-order valence-electron chi connectivity index (χ3n) is 1.22. The van der Waals surface area contributed by atoms with E-state index in [9.17, 15) is 4.79 Å². The van der Waals surface area contributed by atoms with Crippen LogP contribution < -0.4 is 31.3 Å². The quantitative estimate of drug-likeness (QED) is 0.230. The average Bonchev–Trinajstić information content (AvgIpc) is 2.23. The van der Waals surface area contributed by atoms with Crippen molar-refractivity contribution < 1.29 is 55.6 Å². The van der Waals surface area contributed by atoms with Crippen LogP contribution in [0.4, 0.5) is 0 Å². The van der Waals surface area contributed by atoms with Gasteiger partial charge in [0, 0.05) is 0 Å². The van der Waals surface area contributed by atoms with E-state index in [-0.39, 0.29) is 37.2 Å². The van der Waals surface area contributed by atoms with Crippen molar-refractivity contribution in [1.82, 2.24) is 0 Å². The standard InChI is InChI=1S/C9H9O2.ClH.HI.Li.Zn/c1-2-11-9(10)8-6-4-3-5-7-8;;;;/h3-4,6-7H,2H2,1H3;2*1H;;/q-1;;;+1;+2/p-2. The second kappa shape index (κ2) is 14.9. The summed E-state index contributed by atoms with van der Waals surface area (Å²) in [7, 11) is 0. The summed E-state index contributed by atoms with van der Waals surface area (Å²) >= 11 is 3.62. The molecule has 0 aliphatic rings. The van der Waals surface area contributed by atoms with E-state index in [4.69, 9.17) is 4.74 Å². The fraction of sp³-hybridized carbons (Fsp3) is 0.222. The zero-order valence-corrected chi connectivity index (χ0v) is 14.7. The average molecular weight is 384 g/mol. The summed E-state index contributed by atoms with van der Waals surface area (Å²) in [4.78, 5) is 11.0. The van der Waals surface area contributed by atoms with Gasteiger partial charge in [-0.15, -0.1) is 0 Å². The van der Waals surface area contributed by atoms with Gasteiger partial charge in [0.1, 0.15) is 0 Å². The Morgan fingerprint density at radius 3 is 2.60 bits per heavy atom. The fourth-order valence-corrected chi connectivity index (χ4v) is 0.735. The fourth-order valence-electron chi connectivity index (χ4n) is 0.735. The molecule has 0 unspecified atom stereocenters. The molecular formula is C9H9ClILiO2Zn. The van der Waals surface area contributed by atoms with Crippen LogP contribution in [0.15, 0.2) is 24.3 Å². The molecule has 1 rings (SSSR count). The Morgan fingerprint density at radius 1 is 1.60 bits per heavy atom. The van der Waals surface area contributed by atoms with Crippen LogP contribution in [0.5, 0.6) is 0 Å². The zero-order chi connectivity index (χ0) is 10.1. The molecule has 6 heteroatoms. The van der Waals surface area contributed by atoms with Crippen LogP contribution in [0.3, 0.4) is 0 Å². The van der Waals surface area contributed by atoms with Crippen LogP contribution in [-0.4, -0.2) is 12.6 Å². The van der Waals surface area contributed by atoms with Crippen molar-refractivity contribution in [1.29, 1.82) is 0 Å². The van der Waals surface area contributed by atoms with Gasteiger partial charge < -0.3 is 17.1 Å². The first-order valence-corrected chi connectivity index (χ1v) is 12.8. The molecule has 1 aromatic rings. The Labute approximate surface area is 129 Å². The zero-order valence-electron chi connectivity index (χ0n) is 8.80. The number of benzene rings is 1. The van der Waals surface area contributed by atoms with Gasteiger partial charge >= 0.3 is 53.4 Å². The number of carbonyl (C=O) groups is 1. The molecule has 0 heterocycles. The van der Waals surface area contributed by atoms with E-state index in [0.29, 0.717) is 12.2 Å². The Hall–Kier alpha value is 0.931. The van der Waals surface area contributed by atoms with E-state index >= 15 is 0 Å². The van der Waals surface area contributed by atoms with Crippen molar-refractivity contribution in [3.63, 3.8) is 0 Å². The second-order valence-corrected chi connectivity index (χ2v) is 2.01. The van der Waals surface area contributed by atoms with Crippen molar-refractivity contribution in [3.8, 4) is 0 Å². The number of ether oxygens (including phenoxy) is 1. The van der Waals surface area contributed by atoms with E-state index in [0.717, 1.165) is 0 Å². The second-order valence-electron chi connectivity index (χ2n) is 2.01. The van der Waals surface area contributed by atoms with Crippen molar-refractivity contribution in [2.45, 2.75) is 6.92 Å². The van der Waals surface area contributed by atoms with Crippen LogP contribution in [0.2, 0.25) is 0 Å². The summed E-state index contributed by atoms with van der Waals surface area (Å²) < 4.78 is 4.77. The van der Waals surface area contributed by atoms with Gasteiger partial charge in [-0.3, -0.25) is 4.79 Å². The number of hydrogen-bond donors (Lipinski definition) is 0. The van der Waals surface area contributed by atoms with Gasteiger partial charge in [0.15, 0.2) is 0 Å². The van der Waals surface area contributed by atoms with Crippen molar-refractivity contribution >= 4 is 25.7 Å². The number of carbonyl (C=O) groups excluding carboxylic acids is 1. The van der Waals surface area contributed by atoms with E-state index < -0.39 is 0 Å². The number of hydrogen-bond acceptors (Lipinski definition) is 2. The van der Waals surface area contributed by atoms with Gasteiger partial charge in [0.05, 0.1) is 6.61 Å². The molecule has 0 aromatic heterocycles. The molecule has 0 amide bonds. The van der Waals surface area contributed by atoms with E-state index in [2.05, 4.69) is 25.8 Å². The van der Waals surface area contributed by atoms with Gasteiger partial charge in [0.2, 0.25) is 0 Å². The van der Waals surface area contributed by atoms with Crippen molar-refractivity contribution in [2.24, 2.45) is 0 Å². The molecule has 0 aliphatic heterocycles. The molecule has 0 radical (unpaired) electrons. The van der Waals surface area contributed by atoms with Gasteiger partial charge in [-0.2, -0.15) is 30.3 Å². The predicted molar refractivity (Wildman–Crippen MR) is 55.3 cm³/mol. The maximum atomic E-state index is 11.0. The summed E-state index contributed by atoms with van der Waals surface area (Å²) in [6.07, 6.45) is 0. The van der Waals surface area contributed by atoms with Gasteiger partial charge in [0.25, 0.3) is 5.97 Å². The van der Waals surface area contributed by atoms with Crippen LogP contribution in [0.25, 0.3) is 0 Å². The molecule has 74 valence electrons. The summed E-state index contributed by atoms with van der Waals surface area (Å²) in [6, 6.07) is 9.61. The molecule has 0 spiro atoms. The molecular weight excluding hydrogens is 375 g/mol. The van der Waals surface area contributed by atoms with E-state index in [1.165, 1.54) is 14.8 Å². The molecule has 0 aliphatic carbocycles. The number of halogens is 2. The van der Waals surface area contributed by atoms with E-state index in [1.54, 1.807) is 31.2 Å². The maximum absolute atomic E-state index is 11.0. The molecule has 0 fully saturated rings. The first-order chi connectivity index (χ1) is 6.34. The molecule has 0 atom stereocenters. The summed E-state index contributed by atoms with van der Waals surface area (Å²) in [5.74, 6) is -0.288. The minimum absolute atomic E-state index is 0. The minimum atomic E-state index is -0.288. The SMILES string of the molecule is CCOC(=O)c1c[c-]ccc1.[Cl-].[Li+].[Zn+][I]. The molecule has 2 nitrogen and oxygen atoms in total. The molecule has 0 saturated heterocycles. The first kappa shape index (κ1) is 21.2. The molecule has 0 saturated carbocycles. The van der Waals surface area contributed by atoms with Gasteiger partial charge in [-0.05, 0) is 6.92 Å². The van der Waals surface area contributed by atoms with Crippen molar-refractivity contribution in [3.05, 3.63) is 35.9 Å². The van der Waals surface area contributed by atoms with Crippen LogP contribution >= 0.6 is 19.8 Å². The van der Waals surface area contributed by atoms with Crippen LogP contribution in [-0.2, 0) is 19.5 Å². The third-order valence-corrected chi connectivity index (χ3v) is 1.22. The third kappa shape index (κ3) is 9.84. The summed E-state index contributed by atoms with van der Waals surface area (Å²) in [5.41, 5.74) is 0.550. The molecule has 1 aromatic carbocycles. The summed E-state index contributed by atoms with van der Waals surface area (Å²) in [6.45, 7) is 2.19. The van der Waals surface area contributed by atoms with Crippen LogP contribution in [0, 0.1) is 6.07 Å². The number of rotatable bonds is 2. The monoisotopic (exact) mass is 382 g/mol. The summed E-state index contributed by atoms with van der Waals surface area (Å²) in [5, 5.41) is 0. The van der Waals surface area contributed by atoms with E-state index in [1.807, 2.05) is 0 Å². The Balaban J connectivity index is -0.000000339. The predicted octanol–water partition coefficient (Wildman–Crippen LogP) is -3.45. The molecule has 15 heavy (non-hydrogen) atoms. The topological polar surface area (TPSA) is 26.3 Å². The van der Waals surface area contributed by atoms with Crippen molar-refractivity contribution in [2.75, 3.05) is 6.61 Å². The molecule has 0 bridgehead atoms. The number of esters is 1. The molecule has 0 N–H and O–H groups in total. The Bertz CT molecular complexity index is 249. The Morgan fingerprint density at radius 2 is 2.20 bits per heavy atom. The van der Waals surface area contributed by atoms with Crippen LogP contribution in [0.1, 0.15) is 17.3 Å².